The standard InChI is InChI=1S/C23H35N3O4/c1-15(27)30-21-18-4-5-20(29)23(18,3)10-7-19(21)22(2)9-6-17(28)12-16(22)8-11-26-14-24-13-25-26/h13-14,16-19,21,28H,4-12H2,1-3H3. The number of nitrogens with zero attached hydrogens (tertiary/aromatic N) is 3. The van der Waals surface area contributed by atoms with Gasteiger partial charge in [-0.05, 0) is 56.3 Å². The number of Topliss-reactive ketones (excluding diaryl/α,β-unsaturated/α-hetero) is 1. The monoisotopic (exact) mass is 417 g/mol. The van der Waals surface area contributed by atoms with Crippen molar-refractivity contribution in [3.8, 4) is 0 Å². The van der Waals surface area contributed by atoms with E-state index in [1.165, 1.54) is 6.92 Å². The second-order valence-corrected chi connectivity index (χ2v) is 10.3. The lowest BCUT2D eigenvalue weighted by molar-refractivity contribution is -0.177. The van der Waals surface area contributed by atoms with Gasteiger partial charge in [0.2, 0.25) is 0 Å². The first-order chi connectivity index (χ1) is 14.2. The van der Waals surface area contributed by atoms with Gasteiger partial charge >= 0.3 is 5.97 Å². The summed E-state index contributed by atoms with van der Waals surface area (Å²) in [6, 6.07) is 0. The lowest BCUT2D eigenvalue weighted by Gasteiger charge is -2.55. The number of carbonyl (C=O) groups is 2. The fourth-order valence-electron chi connectivity index (χ4n) is 6.88. The Morgan fingerprint density at radius 1 is 1.27 bits per heavy atom. The van der Waals surface area contributed by atoms with Crippen LogP contribution < -0.4 is 0 Å². The predicted molar refractivity (Wildman–Crippen MR) is 110 cm³/mol. The number of esters is 1. The van der Waals surface area contributed by atoms with Gasteiger partial charge in [-0.25, -0.2) is 4.98 Å². The van der Waals surface area contributed by atoms with Crippen molar-refractivity contribution < 1.29 is 19.4 Å². The van der Waals surface area contributed by atoms with Gasteiger partial charge in [-0.15, -0.1) is 0 Å². The van der Waals surface area contributed by atoms with Crippen LogP contribution in [0.3, 0.4) is 0 Å². The van der Waals surface area contributed by atoms with Gasteiger partial charge in [0.15, 0.2) is 0 Å². The van der Waals surface area contributed by atoms with E-state index in [9.17, 15) is 14.7 Å². The maximum Gasteiger partial charge on any atom is 0.302 e. The molecule has 7 heteroatoms. The summed E-state index contributed by atoms with van der Waals surface area (Å²) in [5.74, 6) is 0.683. The first-order valence-corrected chi connectivity index (χ1v) is 11.4. The molecule has 0 bridgehead atoms. The minimum absolute atomic E-state index is 0.0487. The Morgan fingerprint density at radius 3 is 2.77 bits per heavy atom. The van der Waals surface area contributed by atoms with Crippen LogP contribution in [0.1, 0.15) is 72.1 Å². The minimum atomic E-state index is -0.364. The lowest BCUT2D eigenvalue weighted by atomic mass is 9.51. The molecule has 1 N–H and O–H groups in total. The number of ketones is 1. The largest absolute Gasteiger partial charge is 0.462 e. The molecular weight excluding hydrogens is 382 g/mol. The van der Waals surface area contributed by atoms with Crippen LogP contribution in [0.2, 0.25) is 0 Å². The Labute approximate surface area is 178 Å². The highest BCUT2D eigenvalue weighted by Crippen LogP contribution is 2.60. The number of carbonyl (C=O) groups excluding carboxylic acids is 2. The average Bonchev–Trinajstić information content (AvgIpc) is 3.31. The summed E-state index contributed by atoms with van der Waals surface area (Å²) < 4.78 is 7.84. The molecule has 7 unspecified atom stereocenters. The molecule has 0 saturated heterocycles. The number of aromatic nitrogens is 3. The molecule has 0 aliphatic heterocycles. The molecule has 1 aromatic heterocycles. The van der Waals surface area contributed by atoms with Gasteiger partial charge in [0.05, 0.1) is 6.10 Å². The number of hydrogen-bond acceptors (Lipinski definition) is 6. The van der Waals surface area contributed by atoms with Crippen molar-refractivity contribution in [2.45, 2.75) is 90.9 Å². The molecule has 0 aromatic carbocycles. The molecule has 30 heavy (non-hydrogen) atoms. The predicted octanol–water partition coefficient (Wildman–Crippen LogP) is 3.16. The van der Waals surface area contributed by atoms with E-state index in [0.29, 0.717) is 18.1 Å². The molecule has 3 fully saturated rings. The van der Waals surface area contributed by atoms with Crippen molar-refractivity contribution in [1.82, 2.24) is 14.8 Å². The Morgan fingerprint density at radius 2 is 2.07 bits per heavy atom. The van der Waals surface area contributed by atoms with E-state index in [4.69, 9.17) is 4.74 Å². The second-order valence-electron chi connectivity index (χ2n) is 10.3. The molecule has 4 rings (SSSR count). The smallest absolute Gasteiger partial charge is 0.302 e. The molecule has 0 radical (unpaired) electrons. The Kier molecular flexibility index (Phi) is 5.77. The highest BCUT2D eigenvalue weighted by atomic mass is 16.5. The van der Waals surface area contributed by atoms with Gasteiger partial charge in [-0.2, -0.15) is 5.10 Å². The molecular formula is C23H35N3O4. The van der Waals surface area contributed by atoms with Crippen LogP contribution in [0, 0.1) is 28.6 Å². The zero-order valence-corrected chi connectivity index (χ0v) is 18.4. The van der Waals surface area contributed by atoms with Crippen molar-refractivity contribution >= 4 is 11.8 Å². The van der Waals surface area contributed by atoms with Crippen LogP contribution in [0.4, 0.5) is 0 Å². The normalized spacial score (nSPS) is 41.5. The van der Waals surface area contributed by atoms with Crippen LogP contribution in [0.5, 0.6) is 0 Å². The van der Waals surface area contributed by atoms with Gasteiger partial charge in [0, 0.05) is 37.1 Å². The first-order valence-electron chi connectivity index (χ1n) is 11.4. The summed E-state index contributed by atoms with van der Waals surface area (Å²) in [5.41, 5.74) is -0.412. The van der Waals surface area contributed by atoms with Crippen molar-refractivity contribution in [3.63, 3.8) is 0 Å². The zero-order valence-electron chi connectivity index (χ0n) is 18.4. The molecule has 1 heterocycles. The fraction of sp³-hybridized carbons (Fsp3) is 0.826. The summed E-state index contributed by atoms with van der Waals surface area (Å²) in [7, 11) is 0. The van der Waals surface area contributed by atoms with E-state index in [-0.39, 0.29) is 40.8 Å². The van der Waals surface area contributed by atoms with Crippen LogP contribution in [0.25, 0.3) is 0 Å². The summed E-state index contributed by atoms with van der Waals surface area (Å²) in [6.07, 6.45) is 9.29. The molecule has 3 saturated carbocycles. The summed E-state index contributed by atoms with van der Waals surface area (Å²) >= 11 is 0. The van der Waals surface area contributed by atoms with Crippen molar-refractivity contribution in [3.05, 3.63) is 12.7 Å². The Hall–Kier alpha value is -1.76. The highest BCUT2D eigenvalue weighted by molar-refractivity contribution is 5.87. The molecule has 1 aromatic rings. The molecule has 166 valence electrons. The van der Waals surface area contributed by atoms with E-state index < -0.39 is 0 Å². The SMILES string of the molecule is CC(=O)OC1C2CCC(=O)C2(C)CCC1C1(C)CCC(O)CC1CCn1cncn1. The third kappa shape index (κ3) is 3.70. The molecule has 0 amide bonds. The maximum atomic E-state index is 12.7. The number of rotatable bonds is 5. The quantitative estimate of drug-likeness (QED) is 0.740. The van der Waals surface area contributed by atoms with Crippen LogP contribution >= 0.6 is 0 Å². The third-order valence-corrected chi connectivity index (χ3v) is 8.73. The van der Waals surface area contributed by atoms with Crippen molar-refractivity contribution in [1.29, 1.82) is 0 Å². The van der Waals surface area contributed by atoms with Gasteiger partial charge in [0.1, 0.15) is 24.5 Å². The molecule has 0 spiro atoms. The number of aryl methyl sites for hydroxylation is 1. The topological polar surface area (TPSA) is 94.3 Å². The van der Waals surface area contributed by atoms with Crippen LogP contribution in [-0.2, 0) is 20.9 Å². The van der Waals surface area contributed by atoms with E-state index >= 15 is 0 Å². The van der Waals surface area contributed by atoms with Gasteiger partial charge in [-0.3, -0.25) is 14.3 Å². The van der Waals surface area contributed by atoms with Gasteiger partial charge in [-0.1, -0.05) is 13.8 Å². The maximum absolute atomic E-state index is 12.7. The summed E-state index contributed by atoms with van der Waals surface area (Å²) in [4.78, 5) is 28.8. The number of aliphatic hydroxyl groups is 1. The number of aliphatic hydroxyl groups excluding tert-OH is 1. The van der Waals surface area contributed by atoms with Crippen LogP contribution in [0.15, 0.2) is 12.7 Å². The average molecular weight is 418 g/mol. The number of ether oxygens (including phenoxy) is 1. The van der Waals surface area contributed by atoms with Crippen molar-refractivity contribution in [2.75, 3.05) is 0 Å². The van der Waals surface area contributed by atoms with Gasteiger partial charge < -0.3 is 9.84 Å². The Balaban J connectivity index is 1.61. The number of fused-ring (bicyclic) bond motifs is 1. The first kappa shape index (κ1) is 21.5. The Bertz CT molecular complexity index is 781. The summed E-state index contributed by atoms with van der Waals surface area (Å²) in [6.45, 7) is 6.65. The molecule has 7 atom stereocenters. The van der Waals surface area contributed by atoms with Crippen molar-refractivity contribution in [2.24, 2.45) is 28.6 Å². The summed E-state index contributed by atoms with van der Waals surface area (Å²) in [5, 5.41) is 14.7. The lowest BCUT2D eigenvalue weighted by Crippen LogP contribution is -2.54. The third-order valence-electron chi connectivity index (χ3n) is 8.73. The molecule has 7 nitrogen and oxygen atoms in total. The van der Waals surface area contributed by atoms with Crippen LogP contribution in [-0.4, -0.2) is 43.8 Å². The fourth-order valence-corrected chi connectivity index (χ4v) is 6.88. The second kappa shape index (κ2) is 8.06. The molecule has 3 aliphatic rings. The zero-order chi connectivity index (χ0) is 21.5. The van der Waals surface area contributed by atoms with E-state index in [0.717, 1.165) is 51.5 Å². The van der Waals surface area contributed by atoms with E-state index in [2.05, 4.69) is 23.9 Å². The van der Waals surface area contributed by atoms with E-state index in [1.807, 2.05) is 4.68 Å². The highest BCUT2D eigenvalue weighted by Gasteiger charge is 2.59. The molecule has 3 aliphatic carbocycles. The van der Waals surface area contributed by atoms with E-state index in [1.54, 1.807) is 12.7 Å². The van der Waals surface area contributed by atoms with Gasteiger partial charge in [0.25, 0.3) is 0 Å². The minimum Gasteiger partial charge on any atom is -0.462 e. The number of hydrogen-bond donors (Lipinski definition) is 1.